The Labute approximate surface area is 187 Å². The minimum atomic E-state index is -0.925. The fraction of sp³-hybridized carbons (Fsp3) is 0.259. The maximum absolute atomic E-state index is 13.4. The molecule has 1 aliphatic rings. The summed E-state index contributed by atoms with van der Waals surface area (Å²) in [5.74, 6) is -2.52. The summed E-state index contributed by atoms with van der Waals surface area (Å²) >= 11 is 0. The summed E-state index contributed by atoms with van der Waals surface area (Å²) in [5.41, 5.74) is 2.66. The third kappa shape index (κ3) is 4.72. The molecule has 1 amide bonds. The van der Waals surface area contributed by atoms with Crippen LogP contribution in [-0.2, 0) is 22.4 Å². The van der Waals surface area contributed by atoms with Crippen molar-refractivity contribution >= 4 is 17.6 Å². The number of rotatable bonds is 9. The lowest BCUT2D eigenvalue weighted by Crippen LogP contribution is -2.65. The Bertz CT molecular complexity index is 1050. The van der Waals surface area contributed by atoms with Crippen LogP contribution < -0.4 is 4.90 Å². The summed E-state index contributed by atoms with van der Waals surface area (Å²) in [6.07, 6.45) is 2.59. The van der Waals surface area contributed by atoms with Crippen LogP contribution in [0.3, 0.4) is 0 Å². The maximum atomic E-state index is 13.4. The van der Waals surface area contributed by atoms with Crippen molar-refractivity contribution in [3.8, 4) is 0 Å². The third-order valence-electron chi connectivity index (χ3n) is 6.22. The van der Waals surface area contributed by atoms with E-state index in [2.05, 4.69) is 12.1 Å². The molecule has 0 radical (unpaired) electrons. The highest BCUT2D eigenvalue weighted by atomic mass is 19.1. The van der Waals surface area contributed by atoms with E-state index in [1.165, 1.54) is 17.7 Å². The molecule has 0 aliphatic carbocycles. The van der Waals surface area contributed by atoms with E-state index in [4.69, 9.17) is 0 Å². The van der Waals surface area contributed by atoms with Gasteiger partial charge in [-0.3, -0.25) is 9.59 Å². The normalized spacial score (nSPS) is 18.8. The average Bonchev–Trinajstić information content (AvgIpc) is 2.81. The number of anilines is 1. The molecule has 3 atom stereocenters. The predicted octanol–water partition coefficient (Wildman–Crippen LogP) is 5.12. The van der Waals surface area contributed by atoms with Gasteiger partial charge in [-0.15, -0.1) is 0 Å². The minimum absolute atomic E-state index is 0.0889. The summed E-state index contributed by atoms with van der Waals surface area (Å²) in [4.78, 5) is 27.0. The van der Waals surface area contributed by atoms with Gasteiger partial charge in [0.05, 0.1) is 17.9 Å². The zero-order chi connectivity index (χ0) is 22.5. The van der Waals surface area contributed by atoms with Gasteiger partial charge in [0.1, 0.15) is 5.82 Å². The highest BCUT2D eigenvalue weighted by molar-refractivity contribution is 6.04. The van der Waals surface area contributed by atoms with Gasteiger partial charge in [-0.2, -0.15) is 0 Å². The van der Waals surface area contributed by atoms with Crippen molar-refractivity contribution in [3.63, 3.8) is 0 Å². The molecular weight excluding hydrogens is 405 g/mol. The lowest BCUT2D eigenvalue weighted by Gasteiger charge is -2.50. The van der Waals surface area contributed by atoms with E-state index in [-0.39, 0.29) is 11.8 Å². The van der Waals surface area contributed by atoms with Gasteiger partial charge in [0, 0.05) is 5.69 Å². The Balaban J connectivity index is 1.57. The maximum Gasteiger partial charge on any atom is 0.308 e. The van der Waals surface area contributed by atoms with Crippen molar-refractivity contribution in [2.24, 2.45) is 11.8 Å². The topological polar surface area (TPSA) is 57.6 Å². The Morgan fingerprint density at radius 2 is 1.50 bits per heavy atom. The molecule has 1 saturated heterocycles. The first-order chi connectivity index (χ1) is 15.5. The van der Waals surface area contributed by atoms with Crippen molar-refractivity contribution in [2.45, 2.75) is 31.7 Å². The highest BCUT2D eigenvalue weighted by Crippen LogP contribution is 2.40. The highest BCUT2D eigenvalue weighted by Gasteiger charge is 2.53. The number of hydrogen-bond acceptors (Lipinski definition) is 2. The summed E-state index contributed by atoms with van der Waals surface area (Å²) in [6, 6.07) is 24.7. The first-order valence-corrected chi connectivity index (χ1v) is 10.9. The Kier molecular flexibility index (Phi) is 6.64. The summed E-state index contributed by atoms with van der Waals surface area (Å²) in [5, 5.41) is 10.1. The molecule has 32 heavy (non-hydrogen) atoms. The van der Waals surface area contributed by atoms with Crippen molar-refractivity contribution in [3.05, 3.63) is 102 Å². The molecule has 5 heteroatoms. The molecule has 3 aromatic rings. The molecule has 1 fully saturated rings. The molecule has 1 aliphatic heterocycles. The van der Waals surface area contributed by atoms with Gasteiger partial charge in [-0.25, -0.2) is 4.39 Å². The van der Waals surface area contributed by atoms with Crippen LogP contribution in [0.4, 0.5) is 10.1 Å². The molecule has 4 rings (SSSR count). The van der Waals surface area contributed by atoms with E-state index < -0.39 is 23.7 Å². The quantitative estimate of drug-likeness (QED) is 0.478. The smallest absolute Gasteiger partial charge is 0.308 e. The standard InChI is InChI=1S/C27H26FNO3/c28-21-14-16-22(17-15-21)29-25(24(27(31)32)18-20-10-5-2-6-11-20)23(26(29)30)13-7-12-19-8-3-1-4-9-19/h1-6,8-11,14-17,23-25H,7,12-13,18H2,(H,31,32). The summed E-state index contributed by atoms with van der Waals surface area (Å²) in [6.45, 7) is 0. The van der Waals surface area contributed by atoms with E-state index in [9.17, 15) is 19.1 Å². The first kappa shape index (κ1) is 21.8. The van der Waals surface area contributed by atoms with Crippen LogP contribution in [0.5, 0.6) is 0 Å². The molecule has 0 spiro atoms. The monoisotopic (exact) mass is 431 g/mol. The van der Waals surface area contributed by atoms with Crippen LogP contribution in [0, 0.1) is 17.7 Å². The van der Waals surface area contributed by atoms with E-state index in [0.717, 1.165) is 18.4 Å². The predicted molar refractivity (Wildman–Crippen MR) is 122 cm³/mol. The number of β-lactam (4-membered cyclic amide) rings is 1. The molecule has 0 bridgehead atoms. The van der Waals surface area contributed by atoms with Crippen molar-refractivity contribution in [1.29, 1.82) is 0 Å². The second kappa shape index (κ2) is 9.77. The van der Waals surface area contributed by atoms with E-state index >= 15 is 0 Å². The van der Waals surface area contributed by atoms with Gasteiger partial charge in [0.15, 0.2) is 0 Å². The Morgan fingerprint density at radius 1 is 0.906 bits per heavy atom. The van der Waals surface area contributed by atoms with Crippen molar-refractivity contribution in [2.75, 3.05) is 4.90 Å². The van der Waals surface area contributed by atoms with E-state index in [1.807, 2.05) is 48.5 Å². The minimum Gasteiger partial charge on any atom is -0.481 e. The van der Waals surface area contributed by atoms with Gasteiger partial charge < -0.3 is 10.0 Å². The molecule has 0 saturated carbocycles. The van der Waals surface area contributed by atoms with Gasteiger partial charge in [0.2, 0.25) is 5.91 Å². The first-order valence-electron chi connectivity index (χ1n) is 10.9. The largest absolute Gasteiger partial charge is 0.481 e. The van der Waals surface area contributed by atoms with E-state index in [0.29, 0.717) is 18.5 Å². The number of carbonyl (C=O) groups excluding carboxylic acids is 1. The molecule has 3 aromatic carbocycles. The number of amides is 1. The zero-order valence-corrected chi connectivity index (χ0v) is 17.7. The number of hydrogen-bond donors (Lipinski definition) is 1. The lowest BCUT2D eigenvalue weighted by atomic mass is 9.73. The fourth-order valence-electron chi connectivity index (χ4n) is 4.62. The molecule has 164 valence electrons. The lowest BCUT2D eigenvalue weighted by molar-refractivity contribution is -0.146. The van der Waals surface area contributed by atoms with Crippen LogP contribution in [-0.4, -0.2) is 23.0 Å². The number of carboxylic acid groups (broad SMARTS) is 1. The summed E-state index contributed by atoms with van der Waals surface area (Å²) in [7, 11) is 0. The molecule has 1 heterocycles. The molecule has 3 unspecified atom stereocenters. The number of carboxylic acids is 1. The summed E-state index contributed by atoms with van der Waals surface area (Å²) < 4.78 is 13.4. The number of carbonyl (C=O) groups is 2. The van der Waals surface area contributed by atoms with Crippen LogP contribution in [0.15, 0.2) is 84.9 Å². The number of benzene rings is 3. The van der Waals surface area contributed by atoms with Gasteiger partial charge >= 0.3 is 5.97 Å². The Morgan fingerprint density at radius 3 is 2.09 bits per heavy atom. The van der Waals surface area contributed by atoms with E-state index in [1.54, 1.807) is 17.0 Å². The molecule has 4 nitrogen and oxygen atoms in total. The number of halogens is 1. The second-order valence-electron chi connectivity index (χ2n) is 8.29. The van der Waals surface area contributed by atoms with Crippen molar-refractivity contribution < 1.29 is 19.1 Å². The van der Waals surface area contributed by atoms with Crippen LogP contribution in [0.25, 0.3) is 0 Å². The zero-order valence-electron chi connectivity index (χ0n) is 17.7. The van der Waals surface area contributed by atoms with Gasteiger partial charge in [-0.05, 0) is 61.1 Å². The number of aliphatic carboxylic acids is 1. The van der Waals surface area contributed by atoms with Gasteiger partial charge in [-0.1, -0.05) is 60.7 Å². The Hall–Kier alpha value is -3.47. The van der Waals surface area contributed by atoms with Crippen molar-refractivity contribution in [1.82, 2.24) is 0 Å². The third-order valence-corrected chi connectivity index (χ3v) is 6.22. The second-order valence-corrected chi connectivity index (χ2v) is 8.29. The van der Waals surface area contributed by atoms with Crippen LogP contribution >= 0.6 is 0 Å². The molecular formula is C27H26FNO3. The van der Waals surface area contributed by atoms with Crippen LogP contribution in [0.2, 0.25) is 0 Å². The number of aryl methyl sites for hydroxylation is 1. The number of nitrogens with zero attached hydrogens (tertiary/aromatic N) is 1. The average molecular weight is 432 g/mol. The molecule has 1 N–H and O–H groups in total. The van der Waals surface area contributed by atoms with Gasteiger partial charge in [0.25, 0.3) is 0 Å². The van der Waals surface area contributed by atoms with Crippen LogP contribution in [0.1, 0.15) is 24.0 Å². The molecule has 0 aromatic heterocycles. The SMILES string of the molecule is O=C(O)C(Cc1ccccc1)C1C(CCCc2ccccc2)C(=O)N1c1ccc(F)cc1. The fourth-order valence-corrected chi connectivity index (χ4v) is 4.62.